The van der Waals surface area contributed by atoms with Crippen molar-refractivity contribution in [1.82, 2.24) is 4.90 Å². The molecule has 0 bridgehead atoms. The van der Waals surface area contributed by atoms with Crippen molar-refractivity contribution in [3.63, 3.8) is 0 Å². The van der Waals surface area contributed by atoms with Crippen LogP contribution in [0.2, 0.25) is 0 Å². The summed E-state index contributed by atoms with van der Waals surface area (Å²) < 4.78 is 5.50. The summed E-state index contributed by atoms with van der Waals surface area (Å²) >= 11 is 0. The van der Waals surface area contributed by atoms with E-state index in [4.69, 9.17) is 4.74 Å². The molecule has 0 saturated carbocycles. The minimum Gasteiger partial charge on any atom is -0.508 e. The third kappa shape index (κ3) is 4.00. The van der Waals surface area contributed by atoms with E-state index in [-0.39, 0.29) is 11.8 Å². The van der Waals surface area contributed by atoms with Crippen LogP contribution >= 0.6 is 0 Å². The van der Waals surface area contributed by atoms with Crippen LogP contribution in [-0.2, 0) is 4.74 Å². The molecule has 0 aromatic heterocycles. The van der Waals surface area contributed by atoms with Crippen molar-refractivity contribution in [1.29, 1.82) is 0 Å². The number of rotatable bonds is 1. The van der Waals surface area contributed by atoms with Crippen LogP contribution in [0.5, 0.6) is 5.75 Å². The molecule has 4 nitrogen and oxygen atoms in total. The summed E-state index contributed by atoms with van der Waals surface area (Å²) in [6, 6.07) is 6.88. The van der Waals surface area contributed by atoms with E-state index in [1.54, 1.807) is 17.0 Å². The summed E-state index contributed by atoms with van der Waals surface area (Å²) in [6.07, 6.45) is 2.66. The number of allylic oxidation sites excluding steroid dienone is 1. The quantitative estimate of drug-likeness (QED) is 0.849. The third-order valence-corrected chi connectivity index (χ3v) is 3.28. The lowest BCUT2D eigenvalue weighted by molar-refractivity contribution is 0.0327. The molecule has 1 heterocycles. The number of nitrogens with zero attached hydrogens (tertiary/aromatic N) is 1. The van der Waals surface area contributed by atoms with Gasteiger partial charge >= 0.3 is 6.09 Å². The molecular weight excluding hydrogens is 266 g/mol. The molecule has 1 amide bonds. The molecule has 1 aromatic carbocycles. The van der Waals surface area contributed by atoms with Crippen LogP contribution in [-0.4, -0.2) is 28.2 Å². The molecule has 0 radical (unpaired) electrons. The summed E-state index contributed by atoms with van der Waals surface area (Å²) in [5, 5.41) is 9.40. The van der Waals surface area contributed by atoms with E-state index in [0.29, 0.717) is 12.5 Å². The zero-order chi connectivity index (χ0) is 15.6. The molecular formula is C17H23NO3. The molecule has 1 atom stereocenters. The SMILES string of the molecule is CC1CC=C(c2ccc(O)cc2)N(C(=O)OC(C)(C)C)C1. The molecule has 114 valence electrons. The average molecular weight is 289 g/mol. The molecule has 2 rings (SSSR count). The maximum absolute atomic E-state index is 12.4. The normalized spacial score (nSPS) is 19.1. The van der Waals surface area contributed by atoms with Gasteiger partial charge in [-0.05, 0) is 62.9 Å². The average Bonchev–Trinajstić information content (AvgIpc) is 2.38. The zero-order valence-electron chi connectivity index (χ0n) is 13.1. The fourth-order valence-electron chi connectivity index (χ4n) is 2.30. The van der Waals surface area contributed by atoms with Crippen LogP contribution in [0.1, 0.15) is 39.7 Å². The Balaban J connectivity index is 2.28. The number of amides is 1. The summed E-state index contributed by atoms with van der Waals surface area (Å²) in [6.45, 7) is 8.34. The van der Waals surface area contributed by atoms with Gasteiger partial charge in [-0.15, -0.1) is 0 Å². The van der Waals surface area contributed by atoms with Crippen molar-refractivity contribution in [2.24, 2.45) is 5.92 Å². The zero-order valence-corrected chi connectivity index (χ0v) is 13.1. The highest BCUT2D eigenvalue weighted by molar-refractivity contribution is 5.83. The Kier molecular flexibility index (Phi) is 4.26. The topological polar surface area (TPSA) is 49.8 Å². The maximum atomic E-state index is 12.4. The number of phenols is 1. The molecule has 1 aliphatic rings. The molecule has 21 heavy (non-hydrogen) atoms. The first-order valence-corrected chi connectivity index (χ1v) is 7.26. The van der Waals surface area contributed by atoms with Gasteiger partial charge in [0.2, 0.25) is 0 Å². The fourth-order valence-corrected chi connectivity index (χ4v) is 2.30. The van der Waals surface area contributed by atoms with Gasteiger partial charge in [0.15, 0.2) is 0 Å². The van der Waals surface area contributed by atoms with Gasteiger partial charge in [0.05, 0.1) is 5.70 Å². The number of carbonyl (C=O) groups is 1. The molecule has 0 aliphatic carbocycles. The van der Waals surface area contributed by atoms with Crippen LogP contribution in [0.4, 0.5) is 4.79 Å². The van der Waals surface area contributed by atoms with Gasteiger partial charge in [-0.3, -0.25) is 4.90 Å². The Labute approximate surface area is 126 Å². The van der Waals surface area contributed by atoms with Gasteiger partial charge in [0.25, 0.3) is 0 Å². The Hall–Kier alpha value is -1.97. The predicted octanol–water partition coefficient (Wildman–Crippen LogP) is 4.01. The Morgan fingerprint density at radius 1 is 1.29 bits per heavy atom. The molecule has 1 aromatic rings. The Morgan fingerprint density at radius 3 is 2.48 bits per heavy atom. The largest absolute Gasteiger partial charge is 0.508 e. The number of ether oxygens (including phenoxy) is 1. The van der Waals surface area contributed by atoms with Gasteiger partial charge in [-0.2, -0.15) is 0 Å². The first kappa shape index (κ1) is 15.4. The van der Waals surface area contributed by atoms with Crippen molar-refractivity contribution in [2.75, 3.05) is 6.54 Å². The second kappa shape index (κ2) is 5.80. The summed E-state index contributed by atoms with van der Waals surface area (Å²) in [7, 11) is 0. The highest BCUT2D eigenvalue weighted by atomic mass is 16.6. The standard InChI is InChI=1S/C17H23NO3/c1-12-5-10-15(13-6-8-14(19)9-7-13)18(11-12)16(20)21-17(2,3)4/h6-10,12,19H,5,11H2,1-4H3. The molecule has 1 aliphatic heterocycles. The summed E-state index contributed by atoms with van der Waals surface area (Å²) in [4.78, 5) is 14.1. The maximum Gasteiger partial charge on any atom is 0.414 e. The Morgan fingerprint density at radius 2 is 1.90 bits per heavy atom. The number of aromatic hydroxyl groups is 1. The first-order valence-electron chi connectivity index (χ1n) is 7.26. The van der Waals surface area contributed by atoms with Crippen molar-refractivity contribution in [3.05, 3.63) is 35.9 Å². The third-order valence-electron chi connectivity index (χ3n) is 3.28. The lowest BCUT2D eigenvalue weighted by atomic mass is 9.98. The van der Waals surface area contributed by atoms with Gasteiger partial charge in [-0.25, -0.2) is 4.79 Å². The second-order valence-corrected chi connectivity index (χ2v) is 6.57. The molecule has 1 N–H and O–H groups in total. The van der Waals surface area contributed by atoms with Crippen molar-refractivity contribution >= 4 is 11.8 Å². The highest BCUT2D eigenvalue weighted by Crippen LogP contribution is 2.29. The van der Waals surface area contributed by atoms with Crippen molar-refractivity contribution in [2.45, 2.75) is 39.7 Å². The van der Waals surface area contributed by atoms with Crippen LogP contribution in [0, 0.1) is 5.92 Å². The molecule has 0 spiro atoms. The van der Waals surface area contributed by atoms with Crippen molar-refractivity contribution < 1.29 is 14.6 Å². The molecule has 0 saturated heterocycles. The van der Waals surface area contributed by atoms with E-state index in [1.165, 1.54) is 0 Å². The van der Waals surface area contributed by atoms with Crippen LogP contribution in [0.15, 0.2) is 30.3 Å². The predicted molar refractivity (Wildman–Crippen MR) is 82.8 cm³/mol. The number of carbonyl (C=O) groups excluding carboxylic acids is 1. The lowest BCUT2D eigenvalue weighted by Crippen LogP contribution is -2.39. The van der Waals surface area contributed by atoms with E-state index in [2.05, 4.69) is 13.0 Å². The van der Waals surface area contributed by atoms with Gasteiger partial charge < -0.3 is 9.84 Å². The van der Waals surface area contributed by atoms with Crippen LogP contribution < -0.4 is 0 Å². The number of hydrogen-bond acceptors (Lipinski definition) is 3. The highest BCUT2D eigenvalue weighted by Gasteiger charge is 2.29. The van der Waals surface area contributed by atoms with Gasteiger partial charge in [0.1, 0.15) is 11.4 Å². The molecule has 4 heteroatoms. The minimum absolute atomic E-state index is 0.215. The van der Waals surface area contributed by atoms with Crippen LogP contribution in [0.25, 0.3) is 5.70 Å². The van der Waals surface area contributed by atoms with Crippen molar-refractivity contribution in [3.8, 4) is 5.75 Å². The lowest BCUT2D eigenvalue weighted by Gasteiger charge is -2.33. The van der Waals surface area contributed by atoms with E-state index < -0.39 is 5.60 Å². The van der Waals surface area contributed by atoms with E-state index in [1.807, 2.05) is 32.9 Å². The first-order chi connectivity index (χ1) is 9.76. The number of benzene rings is 1. The summed E-state index contributed by atoms with van der Waals surface area (Å²) in [5.41, 5.74) is 1.24. The minimum atomic E-state index is -0.516. The van der Waals surface area contributed by atoms with E-state index >= 15 is 0 Å². The number of phenolic OH excluding ortho intramolecular Hbond substituents is 1. The summed E-state index contributed by atoms with van der Waals surface area (Å²) in [5.74, 6) is 0.616. The molecule has 0 fully saturated rings. The Bertz CT molecular complexity index is 540. The smallest absolute Gasteiger partial charge is 0.414 e. The van der Waals surface area contributed by atoms with Crippen LogP contribution in [0.3, 0.4) is 0 Å². The number of hydrogen-bond donors (Lipinski definition) is 1. The fraction of sp³-hybridized carbons (Fsp3) is 0.471. The second-order valence-electron chi connectivity index (χ2n) is 6.57. The van der Waals surface area contributed by atoms with Gasteiger partial charge in [0, 0.05) is 6.54 Å². The van der Waals surface area contributed by atoms with E-state index in [9.17, 15) is 9.90 Å². The molecule has 1 unspecified atom stereocenters. The monoisotopic (exact) mass is 289 g/mol. The van der Waals surface area contributed by atoms with Gasteiger partial charge in [-0.1, -0.05) is 13.0 Å². The van der Waals surface area contributed by atoms with E-state index in [0.717, 1.165) is 17.7 Å².